The molecule has 3 rings (SSSR count). The van der Waals surface area contributed by atoms with E-state index in [9.17, 15) is 18.0 Å². The number of nitrogens with one attached hydrogen (secondary N) is 1. The van der Waals surface area contributed by atoms with Crippen molar-refractivity contribution in [1.82, 2.24) is 14.9 Å². The molecule has 0 saturated carbocycles. The van der Waals surface area contributed by atoms with Crippen LogP contribution in [-0.2, 0) is 14.8 Å². The van der Waals surface area contributed by atoms with Crippen molar-refractivity contribution >= 4 is 45.2 Å². The lowest BCUT2D eigenvalue weighted by atomic mass is 10.2. The fourth-order valence-electron chi connectivity index (χ4n) is 3.12. The normalized spacial score (nSPS) is 16.6. The van der Waals surface area contributed by atoms with Crippen molar-refractivity contribution in [3.8, 4) is 0 Å². The van der Waals surface area contributed by atoms with Crippen molar-refractivity contribution in [3.63, 3.8) is 0 Å². The van der Waals surface area contributed by atoms with Gasteiger partial charge in [-0.3, -0.25) is 0 Å². The number of hydrogen-bond acceptors (Lipinski definition) is 9. The first-order chi connectivity index (χ1) is 14.9. The van der Waals surface area contributed by atoms with Crippen LogP contribution in [0.4, 0.5) is 21.2 Å². The largest absolute Gasteiger partial charge is 0.465 e. The average molecular weight is 484 g/mol. The van der Waals surface area contributed by atoms with E-state index in [-0.39, 0.29) is 16.8 Å². The molecule has 0 aromatic carbocycles. The zero-order valence-electron chi connectivity index (χ0n) is 18.1. The Balaban J connectivity index is 1.87. The number of amides is 2. The predicted octanol–water partition coefficient (Wildman–Crippen LogP) is 3.14. The van der Waals surface area contributed by atoms with Gasteiger partial charge in [0, 0.05) is 30.7 Å². The van der Waals surface area contributed by atoms with Gasteiger partial charge in [0.2, 0.25) is 0 Å². The number of carbonyl (C=O) groups is 2. The van der Waals surface area contributed by atoms with Gasteiger partial charge in [-0.1, -0.05) is 0 Å². The minimum absolute atomic E-state index is 0.0659. The van der Waals surface area contributed by atoms with Crippen LogP contribution in [-0.4, -0.2) is 65.3 Å². The Morgan fingerprint density at radius 3 is 2.59 bits per heavy atom. The van der Waals surface area contributed by atoms with E-state index in [1.54, 1.807) is 27.7 Å². The Morgan fingerprint density at radius 1 is 1.34 bits per heavy atom. The summed E-state index contributed by atoms with van der Waals surface area (Å²) < 4.78 is 32.5. The Labute approximate surface area is 190 Å². The summed E-state index contributed by atoms with van der Waals surface area (Å²) in [5.74, 6) is 0.377. The molecule has 2 N–H and O–H groups in total. The maximum absolute atomic E-state index is 13.3. The van der Waals surface area contributed by atoms with Gasteiger partial charge in [0.1, 0.15) is 16.3 Å². The highest BCUT2D eigenvalue weighted by atomic mass is 32.2. The number of ether oxygens (including phenoxy) is 1. The molecule has 1 saturated heterocycles. The van der Waals surface area contributed by atoms with Crippen LogP contribution in [0.3, 0.4) is 0 Å². The van der Waals surface area contributed by atoms with Crippen molar-refractivity contribution in [2.45, 2.75) is 50.7 Å². The van der Waals surface area contributed by atoms with E-state index in [4.69, 9.17) is 9.84 Å². The molecule has 1 aliphatic heterocycles. The van der Waals surface area contributed by atoms with Gasteiger partial charge >= 0.3 is 12.2 Å². The smallest absolute Gasteiger partial charge is 0.430 e. The maximum atomic E-state index is 13.3. The molecule has 2 aromatic heterocycles. The molecule has 3 heterocycles. The standard InChI is InChI=1S/C19H25N5O6S2/c1-12-7-14(8-20-16(12)22-13-5-6-23(9-13)17(25)26)32(28,29)24(15-10-31-11-21-15)18(27)30-19(2,3)4/h7-8,10-11,13H,5-6,9H2,1-4H3,(H,20,22)(H,25,26). The summed E-state index contributed by atoms with van der Waals surface area (Å²) in [6, 6.07) is 1.27. The van der Waals surface area contributed by atoms with Crippen LogP contribution in [0.25, 0.3) is 0 Å². The minimum atomic E-state index is -4.36. The van der Waals surface area contributed by atoms with Crippen molar-refractivity contribution in [2.75, 3.05) is 22.7 Å². The second-order valence-electron chi connectivity index (χ2n) is 8.29. The molecule has 13 heteroatoms. The van der Waals surface area contributed by atoms with Crippen LogP contribution >= 0.6 is 11.3 Å². The number of nitrogens with zero attached hydrogens (tertiary/aromatic N) is 4. The van der Waals surface area contributed by atoms with Crippen molar-refractivity contribution in [3.05, 3.63) is 28.7 Å². The topological polar surface area (TPSA) is 142 Å². The van der Waals surface area contributed by atoms with Crippen LogP contribution in [0.1, 0.15) is 32.8 Å². The lowest BCUT2D eigenvalue weighted by Gasteiger charge is -2.25. The van der Waals surface area contributed by atoms with Gasteiger partial charge in [-0.2, -0.15) is 0 Å². The van der Waals surface area contributed by atoms with Gasteiger partial charge in [-0.05, 0) is 45.7 Å². The molecular formula is C19H25N5O6S2. The van der Waals surface area contributed by atoms with Crippen LogP contribution in [0.15, 0.2) is 28.0 Å². The zero-order valence-corrected chi connectivity index (χ0v) is 19.7. The number of thiazole rings is 1. The monoisotopic (exact) mass is 483 g/mol. The highest BCUT2D eigenvalue weighted by Gasteiger charge is 2.36. The number of sulfonamides is 1. The number of hydrogen-bond donors (Lipinski definition) is 2. The second-order valence-corrected chi connectivity index (χ2v) is 10.8. The third-order valence-electron chi connectivity index (χ3n) is 4.58. The van der Waals surface area contributed by atoms with Gasteiger partial charge in [0.05, 0.1) is 5.51 Å². The lowest BCUT2D eigenvalue weighted by molar-refractivity contribution is 0.0608. The Kier molecular flexibility index (Phi) is 6.60. The number of aromatic nitrogens is 2. The van der Waals surface area contributed by atoms with E-state index in [1.165, 1.54) is 21.9 Å². The first-order valence-corrected chi connectivity index (χ1v) is 12.1. The molecule has 0 aliphatic carbocycles. The van der Waals surface area contributed by atoms with E-state index in [0.717, 1.165) is 17.5 Å². The summed E-state index contributed by atoms with van der Waals surface area (Å²) in [5, 5.41) is 13.7. The van der Waals surface area contributed by atoms with Crippen LogP contribution in [0.5, 0.6) is 0 Å². The van der Waals surface area contributed by atoms with Crippen LogP contribution in [0, 0.1) is 6.92 Å². The van der Waals surface area contributed by atoms with E-state index in [0.29, 0.717) is 35.2 Å². The Hall–Kier alpha value is -2.93. The SMILES string of the molecule is Cc1cc(S(=O)(=O)N(C(=O)OC(C)(C)C)c2cscn2)cnc1NC1CCN(C(=O)O)C1. The van der Waals surface area contributed by atoms with Gasteiger partial charge < -0.3 is 20.1 Å². The fraction of sp³-hybridized carbons (Fsp3) is 0.474. The summed E-state index contributed by atoms with van der Waals surface area (Å²) in [7, 11) is -4.36. The predicted molar refractivity (Wildman–Crippen MR) is 119 cm³/mol. The molecule has 2 amide bonds. The van der Waals surface area contributed by atoms with E-state index < -0.39 is 27.8 Å². The van der Waals surface area contributed by atoms with Crippen LogP contribution < -0.4 is 9.62 Å². The number of pyridine rings is 1. The third-order valence-corrected chi connectivity index (χ3v) is 6.79. The minimum Gasteiger partial charge on any atom is -0.465 e. The Morgan fingerprint density at radius 2 is 2.06 bits per heavy atom. The molecule has 1 fully saturated rings. The molecular weight excluding hydrogens is 458 g/mol. The highest BCUT2D eigenvalue weighted by molar-refractivity contribution is 7.93. The van der Waals surface area contributed by atoms with E-state index in [2.05, 4.69) is 15.3 Å². The molecule has 2 aromatic rings. The summed E-state index contributed by atoms with van der Waals surface area (Å²) in [6.45, 7) is 7.31. The third kappa shape index (κ3) is 5.27. The molecule has 1 aliphatic rings. The lowest BCUT2D eigenvalue weighted by Crippen LogP contribution is -2.41. The number of rotatable bonds is 5. The van der Waals surface area contributed by atoms with Gasteiger partial charge in [-0.25, -0.2) is 28.0 Å². The van der Waals surface area contributed by atoms with Gasteiger partial charge in [-0.15, -0.1) is 15.6 Å². The maximum Gasteiger partial charge on any atom is 0.430 e. The van der Waals surface area contributed by atoms with E-state index >= 15 is 0 Å². The first-order valence-electron chi connectivity index (χ1n) is 9.76. The highest BCUT2D eigenvalue weighted by Crippen LogP contribution is 2.28. The molecule has 32 heavy (non-hydrogen) atoms. The van der Waals surface area contributed by atoms with Gasteiger partial charge in [0.25, 0.3) is 10.0 Å². The summed E-state index contributed by atoms with van der Waals surface area (Å²) in [6.07, 6.45) is -0.283. The number of anilines is 2. The van der Waals surface area contributed by atoms with Crippen LogP contribution in [0.2, 0.25) is 0 Å². The number of carbonyl (C=O) groups excluding carboxylic acids is 1. The molecule has 174 valence electrons. The van der Waals surface area contributed by atoms with Gasteiger partial charge in [0.15, 0.2) is 5.82 Å². The average Bonchev–Trinajstić information content (AvgIpc) is 3.34. The van der Waals surface area contributed by atoms with Crippen molar-refractivity contribution in [1.29, 1.82) is 0 Å². The fourth-order valence-corrected chi connectivity index (χ4v) is 5.00. The quantitative estimate of drug-likeness (QED) is 0.655. The Bertz CT molecular complexity index is 1100. The molecule has 0 radical (unpaired) electrons. The van der Waals surface area contributed by atoms with E-state index in [1.807, 2.05) is 0 Å². The molecule has 0 spiro atoms. The number of aryl methyl sites for hydroxylation is 1. The summed E-state index contributed by atoms with van der Waals surface area (Å²) in [4.78, 5) is 33.1. The molecule has 1 unspecified atom stereocenters. The van der Waals surface area contributed by atoms with Crippen molar-refractivity contribution < 1.29 is 27.9 Å². The molecule has 0 bridgehead atoms. The number of likely N-dealkylation sites (tertiary alicyclic amines) is 1. The number of carboxylic acid groups (broad SMARTS) is 1. The first kappa shape index (κ1) is 23.7. The zero-order chi connectivity index (χ0) is 23.7. The second kappa shape index (κ2) is 8.90. The molecule has 11 nitrogen and oxygen atoms in total. The molecule has 1 atom stereocenters. The summed E-state index contributed by atoms with van der Waals surface area (Å²) >= 11 is 1.14. The summed E-state index contributed by atoms with van der Waals surface area (Å²) in [5.41, 5.74) is 1.04. The van der Waals surface area contributed by atoms with Crippen molar-refractivity contribution in [2.24, 2.45) is 0 Å².